The minimum Gasteiger partial charge on any atom is -0.452 e. The van der Waals surface area contributed by atoms with Crippen LogP contribution in [-0.4, -0.2) is 57.7 Å². The molecule has 2 heterocycles. The summed E-state index contributed by atoms with van der Waals surface area (Å²) in [5.41, 5.74) is 4.41. The maximum atomic E-state index is 13.3. The van der Waals surface area contributed by atoms with Crippen LogP contribution < -0.4 is 21.0 Å². The molecule has 1 amide bonds. The number of fused-ring (bicyclic) bond motifs is 3. The zero-order valence-corrected chi connectivity index (χ0v) is 24.2. The molecule has 0 spiro atoms. The second kappa shape index (κ2) is 12.2. The summed E-state index contributed by atoms with van der Waals surface area (Å²) in [6.45, 7) is 3.42. The van der Waals surface area contributed by atoms with Crippen molar-refractivity contribution in [2.45, 2.75) is 18.4 Å². The number of aromatic nitrogens is 2. The predicted octanol–water partition coefficient (Wildman–Crippen LogP) is 3.58. The number of carbonyl (C=O) groups is 1. The van der Waals surface area contributed by atoms with Gasteiger partial charge in [-0.3, -0.25) is 9.36 Å². The highest BCUT2D eigenvalue weighted by atomic mass is 32.2. The number of ether oxygens (including phenoxy) is 1. The fourth-order valence-corrected chi connectivity index (χ4v) is 5.41. The van der Waals surface area contributed by atoms with Crippen molar-refractivity contribution in [3.63, 3.8) is 0 Å². The van der Waals surface area contributed by atoms with Gasteiger partial charge >= 0.3 is 5.69 Å². The van der Waals surface area contributed by atoms with Gasteiger partial charge in [0.25, 0.3) is 0 Å². The summed E-state index contributed by atoms with van der Waals surface area (Å²) >= 11 is 0. The highest BCUT2D eigenvalue weighted by Gasteiger charge is 2.20. The van der Waals surface area contributed by atoms with Crippen molar-refractivity contribution in [1.29, 1.82) is 0 Å². The Hall–Kier alpha value is -4.36. The summed E-state index contributed by atoms with van der Waals surface area (Å²) in [6, 6.07) is 19.2. The molecule has 3 aromatic carbocycles. The maximum Gasteiger partial charge on any atom is 0.348 e. The van der Waals surface area contributed by atoms with Crippen molar-refractivity contribution in [2.75, 3.05) is 39.2 Å². The molecule has 0 aliphatic carbocycles. The lowest BCUT2D eigenvalue weighted by Gasteiger charge is -2.10. The number of methoxy groups -OCH3 is 1. The van der Waals surface area contributed by atoms with Crippen molar-refractivity contribution < 1.29 is 22.4 Å². The summed E-state index contributed by atoms with van der Waals surface area (Å²) in [5, 5.41) is 6.54. The Morgan fingerprint density at radius 2 is 1.69 bits per heavy atom. The lowest BCUT2D eigenvalue weighted by Crippen LogP contribution is -2.27. The smallest absolute Gasteiger partial charge is 0.348 e. The Labute approximate surface area is 242 Å². The average molecular weight is 590 g/mol. The van der Waals surface area contributed by atoms with Gasteiger partial charge < -0.3 is 19.8 Å². The van der Waals surface area contributed by atoms with E-state index >= 15 is 0 Å². The molecule has 0 saturated heterocycles. The van der Waals surface area contributed by atoms with Crippen molar-refractivity contribution in [1.82, 2.24) is 19.6 Å². The third-order valence-electron chi connectivity index (χ3n) is 6.85. The molecule has 0 aliphatic heterocycles. The maximum absolute atomic E-state index is 13.3. The molecule has 12 heteroatoms. The second-order valence-corrected chi connectivity index (χ2v) is 11.4. The molecule has 5 aromatic rings. The zero-order valence-electron chi connectivity index (χ0n) is 23.4. The minimum absolute atomic E-state index is 0.155. The number of nitrogens with one attached hydrogen (secondary N) is 3. The van der Waals surface area contributed by atoms with Crippen LogP contribution in [0.5, 0.6) is 0 Å². The first-order valence-electron chi connectivity index (χ1n) is 13.4. The molecule has 3 N–H and O–H groups in total. The van der Waals surface area contributed by atoms with Crippen LogP contribution in [0.25, 0.3) is 44.5 Å². The molecule has 0 aliphatic rings. The molecule has 5 rings (SSSR count). The van der Waals surface area contributed by atoms with Crippen LogP contribution in [0.4, 0.5) is 5.69 Å². The van der Waals surface area contributed by atoms with Gasteiger partial charge in [0.1, 0.15) is 16.8 Å². The fourth-order valence-electron chi connectivity index (χ4n) is 4.68. The number of amides is 1. The second-order valence-electron chi connectivity index (χ2n) is 9.52. The van der Waals surface area contributed by atoms with Crippen molar-refractivity contribution in [2.24, 2.45) is 0 Å². The van der Waals surface area contributed by atoms with Gasteiger partial charge in [-0.2, -0.15) is 4.98 Å². The van der Waals surface area contributed by atoms with Crippen LogP contribution in [0.3, 0.4) is 0 Å². The first kappa shape index (κ1) is 29.1. The average Bonchev–Trinajstić information content (AvgIpc) is 3.38. The van der Waals surface area contributed by atoms with Crippen LogP contribution in [-0.2, 0) is 26.1 Å². The number of anilines is 1. The highest BCUT2D eigenvalue weighted by Crippen LogP contribution is 2.36. The standard InChI is InChI=1S/C30H31N5O6S/c1-4-32-18-26(36)33-22-10-5-20(6-11-22)27-29-28(35(15-16-40-3)30(37)34-27)24-14-9-21(17-25(24)41-29)19-7-12-23(13-8-19)42(38,39)31-2/h5-14,17,31-32H,4,15-16,18H2,1-3H3,(H,33,36). The molecule has 11 nitrogen and oxygen atoms in total. The number of carbonyl (C=O) groups excluding carboxylic acids is 1. The molecule has 218 valence electrons. The lowest BCUT2D eigenvalue weighted by atomic mass is 10.0. The molecule has 0 radical (unpaired) electrons. The third kappa shape index (κ3) is 5.83. The van der Waals surface area contributed by atoms with E-state index < -0.39 is 15.7 Å². The molecule has 0 saturated carbocycles. The normalized spacial score (nSPS) is 11.8. The van der Waals surface area contributed by atoms with Gasteiger partial charge in [-0.1, -0.05) is 37.3 Å². The summed E-state index contributed by atoms with van der Waals surface area (Å²) in [5.74, 6) is -0.155. The summed E-state index contributed by atoms with van der Waals surface area (Å²) in [6.07, 6.45) is 0. The van der Waals surface area contributed by atoms with Gasteiger partial charge in [0.15, 0.2) is 5.58 Å². The number of hydrogen-bond acceptors (Lipinski definition) is 8. The van der Waals surface area contributed by atoms with Gasteiger partial charge in [-0.25, -0.2) is 17.9 Å². The van der Waals surface area contributed by atoms with E-state index in [1.165, 1.54) is 7.05 Å². The van der Waals surface area contributed by atoms with Crippen LogP contribution >= 0.6 is 0 Å². The molecule has 0 bridgehead atoms. The largest absolute Gasteiger partial charge is 0.452 e. The van der Waals surface area contributed by atoms with Crippen molar-refractivity contribution in [3.8, 4) is 22.4 Å². The number of nitrogens with zero attached hydrogens (tertiary/aromatic N) is 2. The summed E-state index contributed by atoms with van der Waals surface area (Å²) in [4.78, 5) is 29.9. The summed E-state index contributed by atoms with van der Waals surface area (Å²) in [7, 11) is -0.618. The highest BCUT2D eigenvalue weighted by molar-refractivity contribution is 7.89. The van der Waals surface area contributed by atoms with Gasteiger partial charge in [-0.05, 0) is 61.1 Å². The first-order valence-corrected chi connectivity index (χ1v) is 14.8. The molecule has 42 heavy (non-hydrogen) atoms. The number of furan rings is 1. The van der Waals surface area contributed by atoms with Gasteiger partial charge in [-0.15, -0.1) is 0 Å². The molecule has 0 fully saturated rings. The van der Waals surface area contributed by atoms with Gasteiger partial charge in [0.05, 0.1) is 24.6 Å². The predicted molar refractivity (Wildman–Crippen MR) is 162 cm³/mol. The van der Waals surface area contributed by atoms with E-state index in [1.54, 1.807) is 60.2 Å². The zero-order chi connectivity index (χ0) is 29.9. The molecule has 0 unspecified atom stereocenters. The van der Waals surface area contributed by atoms with Crippen LogP contribution in [0.15, 0.2) is 80.8 Å². The minimum atomic E-state index is -3.55. The fraction of sp³-hybridized carbons (Fsp3) is 0.233. The van der Waals surface area contributed by atoms with E-state index in [-0.39, 0.29) is 23.9 Å². The Morgan fingerprint density at radius 1 is 1.00 bits per heavy atom. The Morgan fingerprint density at radius 3 is 2.36 bits per heavy atom. The van der Waals surface area contributed by atoms with Gasteiger partial charge in [0.2, 0.25) is 15.9 Å². The Kier molecular flexibility index (Phi) is 8.50. The molecular formula is C30H31N5O6S. The van der Waals surface area contributed by atoms with Crippen LogP contribution in [0.2, 0.25) is 0 Å². The first-order chi connectivity index (χ1) is 20.2. The van der Waals surface area contributed by atoms with Crippen molar-refractivity contribution >= 4 is 43.7 Å². The molecular weight excluding hydrogens is 558 g/mol. The Balaban J connectivity index is 1.59. The molecule has 2 aromatic heterocycles. The van der Waals surface area contributed by atoms with Crippen LogP contribution in [0, 0.1) is 0 Å². The van der Waals surface area contributed by atoms with E-state index in [2.05, 4.69) is 20.3 Å². The van der Waals surface area contributed by atoms with E-state index in [1.807, 2.05) is 25.1 Å². The number of likely N-dealkylation sites (N-methyl/N-ethyl adjacent to an activating group) is 1. The number of benzene rings is 3. The monoisotopic (exact) mass is 589 g/mol. The topological polar surface area (TPSA) is 145 Å². The van der Waals surface area contributed by atoms with E-state index in [0.717, 1.165) is 16.5 Å². The number of sulfonamides is 1. The SMILES string of the molecule is CCNCC(=O)Nc1ccc(-c2nc(=O)n(CCOC)c3c2oc2cc(-c4ccc(S(=O)(=O)NC)cc4)ccc23)cc1. The number of rotatable bonds is 11. The van der Waals surface area contributed by atoms with E-state index in [9.17, 15) is 18.0 Å². The van der Waals surface area contributed by atoms with Gasteiger partial charge in [0, 0.05) is 23.7 Å². The van der Waals surface area contributed by atoms with Crippen molar-refractivity contribution in [3.05, 3.63) is 77.2 Å². The Bertz CT molecular complexity index is 1910. The lowest BCUT2D eigenvalue weighted by molar-refractivity contribution is -0.115. The summed E-state index contributed by atoms with van der Waals surface area (Å²) < 4.78 is 39.7. The molecule has 0 atom stereocenters. The third-order valence-corrected chi connectivity index (χ3v) is 8.28. The van der Waals surface area contributed by atoms with E-state index in [4.69, 9.17) is 9.15 Å². The quantitative estimate of drug-likeness (QED) is 0.212. The van der Waals surface area contributed by atoms with Crippen LogP contribution in [0.1, 0.15) is 6.92 Å². The number of hydrogen-bond donors (Lipinski definition) is 3. The van der Waals surface area contributed by atoms with E-state index in [0.29, 0.717) is 46.8 Å².